The SMILES string of the molecule is CCCc1ccc(C(=O)[C@@H]2[C@H](C(=O)c3ccccc3)N3c4ccccc4C(C)=C[C@H]3[C@@]23C(=O)Nc2ccccc23)cc1. The van der Waals surface area contributed by atoms with Crippen molar-refractivity contribution >= 4 is 34.4 Å². The van der Waals surface area contributed by atoms with Gasteiger partial charge in [-0.1, -0.05) is 110 Å². The average Bonchev–Trinajstić information content (AvgIpc) is 3.49. The molecule has 1 saturated heterocycles. The molecule has 3 aliphatic heterocycles. The van der Waals surface area contributed by atoms with Crippen LogP contribution in [0.25, 0.3) is 5.57 Å². The van der Waals surface area contributed by atoms with Crippen molar-refractivity contribution in [2.45, 2.75) is 44.2 Å². The quantitative estimate of drug-likeness (QED) is 0.265. The highest BCUT2D eigenvalue weighted by molar-refractivity contribution is 6.18. The van der Waals surface area contributed by atoms with Gasteiger partial charge in [-0.15, -0.1) is 0 Å². The number of ketones is 2. The second-order valence-corrected chi connectivity index (χ2v) is 11.6. The highest BCUT2D eigenvalue weighted by Gasteiger charge is 2.70. The Balaban J connectivity index is 1.52. The van der Waals surface area contributed by atoms with Gasteiger partial charge in [-0.25, -0.2) is 0 Å². The molecular formula is C37H32N2O3. The zero-order valence-electron chi connectivity index (χ0n) is 23.7. The maximum Gasteiger partial charge on any atom is 0.238 e. The minimum Gasteiger partial charge on any atom is -0.352 e. The van der Waals surface area contributed by atoms with E-state index in [1.165, 1.54) is 0 Å². The van der Waals surface area contributed by atoms with Crippen molar-refractivity contribution in [2.24, 2.45) is 5.92 Å². The van der Waals surface area contributed by atoms with E-state index < -0.39 is 23.4 Å². The van der Waals surface area contributed by atoms with Crippen LogP contribution in [0.1, 0.15) is 57.7 Å². The van der Waals surface area contributed by atoms with Crippen molar-refractivity contribution in [3.8, 4) is 0 Å². The van der Waals surface area contributed by atoms with Gasteiger partial charge in [0.1, 0.15) is 11.5 Å². The summed E-state index contributed by atoms with van der Waals surface area (Å²) in [5.74, 6) is -1.58. The molecule has 1 fully saturated rings. The number of benzene rings is 4. The molecule has 0 unspecified atom stereocenters. The molecule has 4 atom stereocenters. The summed E-state index contributed by atoms with van der Waals surface area (Å²) >= 11 is 0. The molecule has 5 heteroatoms. The molecule has 0 bridgehead atoms. The number of carbonyl (C=O) groups is 3. The number of fused-ring (bicyclic) bond motifs is 6. The van der Waals surface area contributed by atoms with Gasteiger partial charge in [0.25, 0.3) is 0 Å². The molecule has 0 saturated carbocycles. The normalized spacial score (nSPS) is 23.6. The second kappa shape index (κ2) is 9.95. The lowest BCUT2D eigenvalue weighted by Gasteiger charge is -2.39. The Morgan fingerprint density at radius 2 is 1.48 bits per heavy atom. The first kappa shape index (κ1) is 26.1. The number of allylic oxidation sites excluding steroid dienone is 1. The van der Waals surface area contributed by atoms with Gasteiger partial charge in [-0.05, 0) is 42.2 Å². The number of hydrogen-bond donors (Lipinski definition) is 1. The zero-order valence-corrected chi connectivity index (χ0v) is 23.7. The molecule has 0 aliphatic carbocycles. The number of Topliss-reactive ketones (excluding diaryl/α,β-unsaturated/α-hetero) is 2. The molecule has 3 heterocycles. The third-order valence-corrected chi connectivity index (χ3v) is 9.27. The van der Waals surface area contributed by atoms with Gasteiger partial charge in [0.15, 0.2) is 11.6 Å². The smallest absolute Gasteiger partial charge is 0.238 e. The fraction of sp³-hybridized carbons (Fsp3) is 0.216. The number of para-hydroxylation sites is 2. The van der Waals surface area contributed by atoms with Crippen LogP contribution in [-0.2, 0) is 16.6 Å². The van der Waals surface area contributed by atoms with Crippen molar-refractivity contribution in [2.75, 3.05) is 10.2 Å². The van der Waals surface area contributed by atoms with E-state index in [-0.39, 0.29) is 17.5 Å². The lowest BCUT2D eigenvalue weighted by Crippen LogP contribution is -2.51. The number of amides is 1. The van der Waals surface area contributed by atoms with Crippen molar-refractivity contribution in [1.29, 1.82) is 0 Å². The van der Waals surface area contributed by atoms with E-state index in [4.69, 9.17) is 0 Å². The summed E-state index contributed by atoms with van der Waals surface area (Å²) < 4.78 is 0. The summed E-state index contributed by atoms with van der Waals surface area (Å²) in [7, 11) is 0. The first-order valence-electron chi connectivity index (χ1n) is 14.7. The standard InChI is InChI=1S/C37H32N2O3/c1-3-11-24-18-20-26(21-19-24)34(40)32-33(35(41)25-12-5-4-6-13-25)39-30-17-10-7-14-27(30)23(2)22-31(39)37(32)28-15-8-9-16-29(28)38-36(37)42/h4-10,12-22,31-33H,3,11H2,1-2H3,(H,38,42)/t31-,32-,33+,37+/m0/s1. The van der Waals surface area contributed by atoms with Crippen molar-refractivity contribution in [3.05, 3.63) is 137 Å². The topological polar surface area (TPSA) is 66.5 Å². The predicted molar refractivity (Wildman–Crippen MR) is 166 cm³/mol. The van der Waals surface area contributed by atoms with E-state index in [0.717, 1.165) is 40.8 Å². The van der Waals surface area contributed by atoms with Crippen LogP contribution >= 0.6 is 0 Å². The van der Waals surface area contributed by atoms with E-state index in [1.54, 1.807) is 12.1 Å². The van der Waals surface area contributed by atoms with E-state index >= 15 is 0 Å². The maximum atomic E-state index is 14.9. The van der Waals surface area contributed by atoms with Crippen LogP contribution in [0.4, 0.5) is 11.4 Å². The first-order valence-corrected chi connectivity index (χ1v) is 14.7. The van der Waals surface area contributed by atoms with Crippen LogP contribution in [0.15, 0.2) is 109 Å². The van der Waals surface area contributed by atoms with E-state index in [2.05, 4.69) is 23.2 Å². The van der Waals surface area contributed by atoms with Gasteiger partial charge >= 0.3 is 0 Å². The molecular weight excluding hydrogens is 520 g/mol. The largest absolute Gasteiger partial charge is 0.352 e. The third-order valence-electron chi connectivity index (χ3n) is 9.27. The number of hydrogen-bond acceptors (Lipinski definition) is 4. The minimum absolute atomic E-state index is 0.168. The number of carbonyl (C=O) groups excluding carboxylic acids is 3. The van der Waals surface area contributed by atoms with Gasteiger partial charge in [-0.2, -0.15) is 0 Å². The fourth-order valence-electron chi connectivity index (χ4n) is 7.46. The summed E-state index contributed by atoms with van der Waals surface area (Å²) in [6.07, 6.45) is 4.02. The summed E-state index contributed by atoms with van der Waals surface area (Å²) in [4.78, 5) is 46.2. The molecule has 0 radical (unpaired) electrons. The lowest BCUT2D eigenvalue weighted by atomic mass is 9.64. The van der Waals surface area contributed by atoms with Gasteiger partial charge in [-0.3, -0.25) is 14.4 Å². The molecule has 0 aromatic heterocycles. The Morgan fingerprint density at radius 3 is 2.24 bits per heavy atom. The summed E-state index contributed by atoms with van der Waals surface area (Å²) in [5.41, 5.74) is 5.21. The Hall–Kier alpha value is -4.77. The van der Waals surface area contributed by atoms with E-state index in [0.29, 0.717) is 16.8 Å². The molecule has 1 N–H and O–H groups in total. The number of rotatable bonds is 6. The Morgan fingerprint density at radius 1 is 0.810 bits per heavy atom. The van der Waals surface area contributed by atoms with Crippen LogP contribution < -0.4 is 10.2 Å². The molecule has 7 rings (SSSR count). The Labute approximate surface area is 245 Å². The number of aryl methyl sites for hydroxylation is 1. The molecule has 3 aliphatic rings. The van der Waals surface area contributed by atoms with E-state index in [9.17, 15) is 14.4 Å². The van der Waals surface area contributed by atoms with Crippen LogP contribution in [-0.4, -0.2) is 29.6 Å². The van der Waals surface area contributed by atoms with Gasteiger partial charge < -0.3 is 10.2 Å². The maximum absolute atomic E-state index is 14.9. The Kier molecular flexibility index (Phi) is 6.19. The molecule has 4 aromatic rings. The highest BCUT2D eigenvalue weighted by atomic mass is 16.2. The highest BCUT2D eigenvalue weighted by Crippen LogP contribution is 2.58. The number of nitrogens with one attached hydrogen (secondary N) is 1. The number of anilines is 2. The summed E-state index contributed by atoms with van der Waals surface area (Å²) in [6.45, 7) is 4.17. The van der Waals surface area contributed by atoms with Crippen molar-refractivity contribution in [1.82, 2.24) is 0 Å². The number of nitrogens with zero attached hydrogens (tertiary/aromatic N) is 1. The molecule has 208 valence electrons. The average molecular weight is 553 g/mol. The van der Waals surface area contributed by atoms with Gasteiger partial charge in [0.2, 0.25) is 5.91 Å². The van der Waals surface area contributed by atoms with Crippen LogP contribution in [0, 0.1) is 5.92 Å². The van der Waals surface area contributed by atoms with Crippen LogP contribution in [0.2, 0.25) is 0 Å². The van der Waals surface area contributed by atoms with Crippen LogP contribution in [0.3, 0.4) is 0 Å². The molecule has 1 spiro atoms. The second-order valence-electron chi connectivity index (χ2n) is 11.6. The fourth-order valence-corrected chi connectivity index (χ4v) is 7.46. The third kappa shape index (κ3) is 3.66. The monoisotopic (exact) mass is 552 g/mol. The molecule has 5 nitrogen and oxygen atoms in total. The minimum atomic E-state index is -1.31. The van der Waals surface area contributed by atoms with Crippen molar-refractivity contribution in [3.63, 3.8) is 0 Å². The first-order chi connectivity index (χ1) is 20.5. The molecule has 4 aromatic carbocycles. The molecule has 1 amide bonds. The lowest BCUT2D eigenvalue weighted by molar-refractivity contribution is -0.121. The van der Waals surface area contributed by atoms with Crippen molar-refractivity contribution < 1.29 is 14.4 Å². The van der Waals surface area contributed by atoms with E-state index in [1.807, 2.05) is 97.9 Å². The zero-order chi connectivity index (χ0) is 29.0. The molecule has 42 heavy (non-hydrogen) atoms. The Bertz CT molecular complexity index is 1760. The summed E-state index contributed by atoms with van der Waals surface area (Å²) in [6, 6.07) is 31.0. The summed E-state index contributed by atoms with van der Waals surface area (Å²) in [5, 5.41) is 3.11. The van der Waals surface area contributed by atoms with Gasteiger partial charge in [0.05, 0.1) is 12.0 Å². The van der Waals surface area contributed by atoms with Gasteiger partial charge in [0, 0.05) is 28.1 Å². The predicted octanol–water partition coefficient (Wildman–Crippen LogP) is 6.89. The van der Waals surface area contributed by atoms with Crippen LogP contribution in [0.5, 0.6) is 0 Å².